The minimum absolute atomic E-state index is 0.0303. The number of carbonyl (C=O) groups excluding carboxylic acids is 2. The first kappa shape index (κ1) is 17.0. The standard InChI is InChI=1S/C15H17NO6S/c1-20-11-4-8(10(18)6-16-7-17)13(21-2)9-5-12(15(19)22-3)23-14(9)11/h4-5,7,10,18H,6H2,1-3H3,(H,16,17). The van der Waals surface area contributed by atoms with Gasteiger partial charge in [-0.05, 0) is 12.1 Å². The molecular formula is C15H17NO6S. The Morgan fingerprint density at radius 3 is 2.65 bits per heavy atom. The molecule has 0 saturated carbocycles. The van der Waals surface area contributed by atoms with E-state index >= 15 is 0 Å². The van der Waals surface area contributed by atoms with Crippen molar-refractivity contribution < 1.29 is 28.9 Å². The molecule has 1 atom stereocenters. The maximum absolute atomic E-state index is 11.8. The lowest BCUT2D eigenvalue weighted by Crippen LogP contribution is -2.20. The van der Waals surface area contributed by atoms with Crippen LogP contribution in [-0.4, -0.2) is 45.4 Å². The van der Waals surface area contributed by atoms with E-state index in [1.807, 2.05) is 0 Å². The van der Waals surface area contributed by atoms with Gasteiger partial charge in [0.25, 0.3) is 0 Å². The van der Waals surface area contributed by atoms with E-state index < -0.39 is 12.1 Å². The molecule has 0 fully saturated rings. The number of amides is 1. The first-order chi connectivity index (χ1) is 11.1. The summed E-state index contributed by atoms with van der Waals surface area (Å²) in [6, 6.07) is 3.27. The van der Waals surface area contributed by atoms with Crippen molar-refractivity contribution in [3.05, 3.63) is 22.6 Å². The van der Waals surface area contributed by atoms with Crippen molar-refractivity contribution in [2.45, 2.75) is 6.10 Å². The van der Waals surface area contributed by atoms with Crippen molar-refractivity contribution in [3.8, 4) is 11.5 Å². The summed E-state index contributed by atoms with van der Waals surface area (Å²) in [5.74, 6) is 0.466. The third-order valence-corrected chi connectivity index (χ3v) is 4.44. The highest BCUT2D eigenvalue weighted by atomic mass is 32.1. The number of benzene rings is 1. The van der Waals surface area contributed by atoms with Crippen LogP contribution in [0.25, 0.3) is 10.1 Å². The molecule has 0 aliphatic heterocycles. The molecule has 0 spiro atoms. The van der Waals surface area contributed by atoms with Gasteiger partial charge in [0.2, 0.25) is 6.41 Å². The third-order valence-electron chi connectivity index (χ3n) is 3.31. The number of rotatable bonds is 7. The van der Waals surface area contributed by atoms with Gasteiger partial charge in [0, 0.05) is 17.5 Å². The number of esters is 1. The van der Waals surface area contributed by atoms with Crippen LogP contribution in [-0.2, 0) is 9.53 Å². The van der Waals surface area contributed by atoms with E-state index in [0.717, 1.165) is 0 Å². The molecule has 2 aromatic rings. The zero-order valence-electron chi connectivity index (χ0n) is 12.9. The van der Waals surface area contributed by atoms with Gasteiger partial charge in [0.15, 0.2) is 0 Å². The first-order valence-electron chi connectivity index (χ1n) is 6.69. The monoisotopic (exact) mass is 339 g/mol. The molecule has 0 saturated heterocycles. The number of carbonyl (C=O) groups is 2. The van der Waals surface area contributed by atoms with Crippen LogP contribution in [0.3, 0.4) is 0 Å². The molecule has 8 heteroatoms. The molecule has 1 unspecified atom stereocenters. The average molecular weight is 339 g/mol. The predicted octanol–water partition coefficient (Wildman–Crippen LogP) is 1.48. The molecule has 2 rings (SSSR count). The van der Waals surface area contributed by atoms with Gasteiger partial charge in [0.1, 0.15) is 22.5 Å². The van der Waals surface area contributed by atoms with E-state index in [9.17, 15) is 14.7 Å². The van der Waals surface area contributed by atoms with Crippen LogP contribution in [0.15, 0.2) is 12.1 Å². The average Bonchev–Trinajstić information content (AvgIpc) is 3.02. The molecule has 0 bridgehead atoms. The molecule has 1 heterocycles. The van der Waals surface area contributed by atoms with Gasteiger partial charge < -0.3 is 24.6 Å². The minimum atomic E-state index is -0.977. The number of aliphatic hydroxyl groups excluding tert-OH is 1. The van der Waals surface area contributed by atoms with Crippen molar-refractivity contribution in [2.75, 3.05) is 27.9 Å². The summed E-state index contributed by atoms with van der Waals surface area (Å²) >= 11 is 1.22. The maximum Gasteiger partial charge on any atom is 0.348 e. The van der Waals surface area contributed by atoms with Crippen molar-refractivity contribution in [1.29, 1.82) is 0 Å². The van der Waals surface area contributed by atoms with Crippen molar-refractivity contribution >= 4 is 33.8 Å². The Hall–Kier alpha value is -2.32. The predicted molar refractivity (Wildman–Crippen MR) is 85.3 cm³/mol. The Morgan fingerprint density at radius 2 is 2.09 bits per heavy atom. The van der Waals surface area contributed by atoms with E-state index in [4.69, 9.17) is 14.2 Å². The summed E-state index contributed by atoms with van der Waals surface area (Å²) in [6.45, 7) is 0.0303. The molecular weight excluding hydrogens is 322 g/mol. The van der Waals surface area contributed by atoms with E-state index in [2.05, 4.69) is 5.32 Å². The highest BCUT2D eigenvalue weighted by Gasteiger charge is 2.23. The molecule has 0 radical (unpaired) electrons. The molecule has 23 heavy (non-hydrogen) atoms. The second-order valence-electron chi connectivity index (χ2n) is 4.59. The Balaban J connectivity index is 2.64. The quantitative estimate of drug-likeness (QED) is 0.586. The molecule has 2 N–H and O–H groups in total. The third kappa shape index (κ3) is 3.22. The summed E-state index contributed by atoms with van der Waals surface area (Å²) in [5, 5.41) is 13.3. The number of hydrogen-bond acceptors (Lipinski definition) is 7. The second kappa shape index (κ2) is 7.30. The van der Waals surface area contributed by atoms with E-state index in [-0.39, 0.29) is 6.54 Å². The molecule has 124 valence electrons. The molecule has 0 aliphatic rings. The lowest BCUT2D eigenvalue weighted by molar-refractivity contribution is -0.110. The van der Waals surface area contributed by atoms with Gasteiger partial charge in [0.05, 0.1) is 26.0 Å². The van der Waals surface area contributed by atoms with Gasteiger partial charge in [-0.15, -0.1) is 11.3 Å². The summed E-state index contributed by atoms with van der Waals surface area (Å²) in [4.78, 5) is 22.6. The lowest BCUT2D eigenvalue weighted by atomic mass is 10.0. The highest BCUT2D eigenvalue weighted by Crippen LogP contribution is 2.43. The van der Waals surface area contributed by atoms with Crippen molar-refractivity contribution in [2.24, 2.45) is 0 Å². The number of aliphatic hydroxyl groups is 1. The van der Waals surface area contributed by atoms with Crippen LogP contribution >= 0.6 is 11.3 Å². The number of methoxy groups -OCH3 is 3. The first-order valence-corrected chi connectivity index (χ1v) is 7.50. The van der Waals surface area contributed by atoms with Crippen LogP contribution in [0.5, 0.6) is 11.5 Å². The fourth-order valence-electron chi connectivity index (χ4n) is 2.27. The topological polar surface area (TPSA) is 94.1 Å². The van der Waals surface area contributed by atoms with E-state index in [0.29, 0.717) is 38.4 Å². The number of nitrogens with one attached hydrogen (secondary N) is 1. The number of thiophene rings is 1. The molecule has 7 nitrogen and oxygen atoms in total. The Morgan fingerprint density at radius 1 is 1.35 bits per heavy atom. The molecule has 1 amide bonds. The van der Waals surface area contributed by atoms with Gasteiger partial charge in [-0.1, -0.05) is 0 Å². The van der Waals surface area contributed by atoms with E-state index in [1.165, 1.54) is 32.7 Å². The van der Waals surface area contributed by atoms with Crippen LogP contribution in [0, 0.1) is 0 Å². The number of hydrogen-bond donors (Lipinski definition) is 2. The van der Waals surface area contributed by atoms with Crippen LogP contribution < -0.4 is 14.8 Å². The Bertz CT molecular complexity index is 726. The maximum atomic E-state index is 11.8. The van der Waals surface area contributed by atoms with Gasteiger partial charge in [-0.2, -0.15) is 0 Å². The number of ether oxygens (including phenoxy) is 3. The van der Waals surface area contributed by atoms with Gasteiger partial charge in [-0.25, -0.2) is 4.79 Å². The smallest absolute Gasteiger partial charge is 0.348 e. The normalized spacial score (nSPS) is 11.8. The molecule has 0 aliphatic carbocycles. The zero-order chi connectivity index (χ0) is 17.0. The van der Waals surface area contributed by atoms with Crippen molar-refractivity contribution in [3.63, 3.8) is 0 Å². The van der Waals surface area contributed by atoms with Crippen LogP contribution in [0.4, 0.5) is 0 Å². The summed E-state index contributed by atoms with van der Waals surface area (Å²) in [6.07, 6.45) is -0.472. The fraction of sp³-hybridized carbons (Fsp3) is 0.333. The zero-order valence-corrected chi connectivity index (χ0v) is 13.7. The summed E-state index contributed by atoms with van der Waals surface area (Å²) in [5.41, 5.74) is 0.459. The molecule has 1 aromatic heterocycles. The Labute approximate surface area is 136 Å². The summed E-state index contributed by atoms with van der Waals surface area (Å²) in [7, 11) is 4.28. The highest BCUT2D eigenvalue weighted by molar-refractivity contribution is 7.21. The molecule has 1 aromatic carbocycles. The Kier molecular flexibility index (Phi) is 5.41. The van der Waals surface area contributed by atoms with Gasteiger partial charge in [-0.3, -0.25) is 4.79 Å². The number of fused-ring (bicyclic) bond motifs is 1. The second-order valence-corrected chi connectivity index (χ2v) is 5.64. The van der Waals surface area contributed by atoms with Crippen molar-refractivity contribution in [1.82, 2.24) is 5.32 Å². The van der Waals surface area contributed by atoms with Crippen LogP contribution in [0.1, 0.15) is 21.3 Å². The van der Waals surface area contributed by atoms with Crippen LogP contribution in [0.2, 0.25) is 0 Å². The largest absolute Gasteiger partial charge is 0.496 e. The lowest BCUT2D eigenvalue weighted by Gasteiger charge is -2.17. The summed E-state index contributed by atoms with van der Waals surface area (Å²) < 4.78 is 16.2. The fourth-order valence-corrected chi connectivity index (χ4v) is 3.34. The van der Waals surface area contributed by atoms with E-state index in [1.54, 1.807) is 12.1 Å². The van der Waals surface area contributed by atoms with Gasteiger partial charge >= 0.3 is 5.97 Å². The SMILES string of the molecule is COC(=O)c1cc2c(OC)c(C(O)CNC=O)cc(OC)c2s1. The minimum Gasteiger partial charge on any atom is -0.496 e.